The zero-order chi connectivity index (χ0) is 15.5. The molecule has 6 heteroatoms. The molecule has 2 atom stereocenters. The number of aromatic nitrogens is 2. The molecule has 0 spiro atoms. The van der Waals surface area contributed by atoms with Crippen molar-refractivity contribution in [1.82, 2.24) is 9.78 Å². The van der Waals surface area contributed by atoms with Crippen LogP contribution in [0.5, 0.6) is 0 Å². The van der Waals surface area contributed by atoms with Crippen molar-refractivity contribution in [3.63, 3.8) is 0 Å². The van der Waals surface area contributed by atoms with Crippen LogP contribution in [0.15, 0.2) is 36.7 Å². The molecule has 1 heterocycles. The Kier molecular flexibility index (Phi) is 4.45. The van der Waals surface area contributed by atoms with Crippen molar-refractivity contribution >= 4 is 23.2 Å². The van der Waals surface area contributed by atoms with Gasteiger partial charge in [0.25, 0.3) is 0 Å². The van der Waals surface area contributed by atoms with Crippen molar-refractivity contribution in [1.29, 1.82) is 0 Å². The van der Waals surface area contributed by atoms with Crippen molar-refractivity contribution in [3.05, 3.63) is 47.2 Å². The highest BCUT2D eigenvalue weighted by Gasteiger charge is 2.31. The average Bonchev–Trinajstić information content (AvgIpc) is 3.10. The predicted octanol–water partition coefficient (Wildman–Crippen LogP) is 2.68. The molecule has 2 unspecified atom stereocenters. The number of nitrogens with one attached hydrogen (secondary N) is 1. The molecule has 0 bridgehead atoms. The van der Waals surface area contributed by atoms with Crippen LogP contribution in [0.1, 0.15) is 24.8 Å². The minimum absolute atomic E-state index is 0.129. The van der Waals surface area contributed by atoms with E-state index in [-0.39, 0.29) is 11.8 Å². The molecule has 1 aliphatic rings. The van der Waals surface area contributed by atoms with E-state index in [0.29, 0.717) is 23.7 Å². The van der Waals surface area contributed by atoms with E-state index in [9.17, 15) is 9.90 Å². The number of hydrogen-bond donors (Lipinski definition) is 2. The van der Waals surface area contributed by atoms with Crippen LogP contribution in [-0.4, -0.2) is 26.9 Å². The molecule has 1 amide bonds. The molecule has 5 nitrogen and oxygen atoms in total. The number of amides is 1. The van der Waals surface area contributed by atoms with Crippen LogP contribution in [0.3, 0.4) is 0 Å². The van der Waals surface area contributed by atoms with Crippen LogP contribution in [0.25, 0.3) is 0 Å². The molecule has 1 aliphatic carbocycles. The molecule has 1 saturated carbocycles. The summed E-state index contributed by atoms with van der Waals surface area (Å²) in [7, 11) is 0. The van der Waals surface area contributed by atoms with Gasteiger partial charge in [-0.05, 0) is 37.0 Å². The second-order valence-electron chi connectivity index (χ2n) is 5.65. The van der Waals surface area contributed by atoms with E-state index >= 15 is 0 Å². The van der Waals surface area contributed by atoms with Gasteiger partial charge >= 0.3 is 0 Å². The normalized spacial score (nSPS) is 21.0. The van der Waals surface area contributed by atoms with Crippen LogP contribution >= 0.6 is 11.6 Å². The fraction of sp³-hybridized carbons (Fsp3) is 0.375. The van der Waals surface area contributed by atoms with E-state index in [4.69, 9.17) is 11.6 Å². The van der Waals surface area contributed by atoms with E-state index < -0.39 is 6.10 Å². The number of halogens is 1. The maximum Gasteiger partial charge on any atom is 0.230 e. The molecule has 22 heavy (non-hydrogen) atoms. The Morgan fingerprint density at radius 1 is 1.36 bits per heavy atom. The van der Waals surface area contributed by atoms with E-state index in [2.05, 4.69) is 10.4 Å². The molecule has 0 aliphatic heterocycles. The van der Waals surface area contributed by atoms with Crippen molar-refractivity contribution in [3.8, 4) is 0 Å². The summed E-state index contributed by atoms with van der Waals surface area (Å²) < 4.78 is 1.75. The first kappa shape index (κ1) is 15.1. The van der Waals surface area contributed by atoms with E-state index in [1.807, 2.05) is 24.3 Å². The summed E-state index contributed by atoms with van der Waals surface area (Å²) in [5, 5.41) is 17.5. The third-order valence-corrected chi connectivity index (χ3v) is 4.23. The number of rotatable bonds is 4. The average molecular weight is 320 g/mol. The summed E-state index contributed by atoms with van der Waals surface area (Å²) in [6, 6.07) is 7.56. The van der Waals surface area contributed by atoms with Crippen molar-refractivity contribution < 1.29 is 9.90 Å². The van der Waals surface area contributed by atoms with Gasteiger partial charge in [-0.25, -0.2) is 0 Å². The van der Waals surface area contributed by atoms with E-state index in [1.54, 1.807) is 17.1 Å². The Labute approximate surface area is 133 Å². The van der Waals surface area contributed by atoms with Gasteiger partial charge in [-0.1, -0.05) is 23.7 Å². The lowest BCUT2D eigenvalue weighted by atomic mass is 10.1. The maximum absolute atomic E-state index is 12.1. The summed E-state index contributed by atoms with van der Waals surface area (Å²) in [5.74, 6) is -0.435. The lowest BCUT2D eigenvalue weighted by Gasteiger charge is -2.13. The summed E-state index contributed by atoms with van der Waals surface area (Å²) >= 11 is 5.86. The molecule has 116 valence electrons. The van der Waals surface area contributed by atoms with Gasteiger partial charge in [0, 0.05) is 11.2 Å². The van der Waals surface area contributed by atoms with Crippen LogP contribution < -0.4 is 5.32 Å². The smallest absolute Gasteiger partial charge is 0.230 e. The van der Waals surface area contributed by atoms with Gasteiger partial charge in [0.1, 0.15) is 0 Å². The molecule has 1 fully saturated rings. The Bertz CT molecular complexity index is 654. The summed E-state index contributed by atoms with van der Waals surface area (Å²) in [4.78, 5) is 12.1. The lowest BCUT2D eigenvalue weighted by Crippen LogP contribution is -2.28. The zero-order valence-corrected chi connectivity index (χ0v) is 12.8. The van der Waals surface area contributed by atoms with Gasteiger partial charge in [-0.15, -0.1) is 0 Å². The quantitative estimate of drug-likeness (QED) is 0.910. The Morgan fingerprint density at radius 3 is 2.82 bits per heavy atom. The number of aliphatic hydroxyl groups excluding tert-OH is 1. The molecule has 0 radical (unpaired) electrons. The number of carbonyl (C=O) groups excluding carboxylic acids is 1. The fourth-order valence-corrected chi connectivity index (χ4v) is 2.90. The second kappa shape index (κ2) is 6.50. The first-order valence-corrected chi connectivity index (χ1v) is 7.75. The lowest BCUT2D eigenvalue weighted by molar-refractivity contribution is -0.122. The van der Waals surface area contributed by atoms with E-state index in [1.165, 1.54) is 0 Å². The standard InChI is InChI=1S/C16H18ClN3O2/c17-12-6-4-11(5-7-12)9-20-10-13(8-18-20)19-16(22)14-2-1-3-15(14)21/h4-8,10,14-15,21H,1-3,9H2,(H,19,22). The first-order valence-electron chi connectivity index (χ1n) is 7.37. The zero-order valence-electron chi connectivity index (χ0n) is 12.1. The van der Waals surface area contributed by atoms with Crippen LogP contribution in [0.2, 0.25) is 5.02 Å². The predicted molar refractivity (Wildman–Crippen MR) is 84.8 cm³/mol. The topological polar surface area (TPSA) is 67.2 Å². The minimum atomic E-state index is -0.524. The number of carbonyl (C=O) groups is 1. The van der Waals surface area contributed by atoms with Crippen LogP contribution in [0, 0.1) is 5.92 Å². The van der Waals surface area contributed by atoms with Gasteiger partial charge in [0.05, 0.1) is 30.5 Å². The van der Waals surface area contributed by atoms with E-state index in [0.717, 1.165) is 18.4 Å². The number of benzene rings is 1. The third kappa shape index (κ3) is 3.48. The second-order valence-corrected chi connectivity index (χ2v) is 6.08. The highest BCUT2D eigenvalue weighted by Crippen LogP contribution is 2.26. The highest BCUT2D eigenvalue weighted by atomic mass is 35.5. The monoisotopic (exact) mass is 319 g/mol. The number of anilines is 1. The Morgan fingerprint density at radius 2 is 2.14 bits per heavy atom. The molecular formula is C16H18ClN3O2. The van der Waals surface area contributed by atoms with Crippen LogP contribution in [-0.2, 0) is 11.3 Å². The van der Waals surface area contributed by atoms with Crippen molar-refractivity contribution in [2.24, 2.45) is 5.92 Å². The number of hydrogen-bond acceptors (Lipinski definition) is 3. The van der Waals surface area contributed by atoms with Gasteiger partial charge in [0.15, 0.2) is 0 Å². The molecule has 2 aromatic rings. The highest BCUT2D eigenvalue weighted by molar-refractivity contribution is 6.30. The third-order valence-electron chi connectivity index (χ3n) is 3.97. The minimum Gasteiger partial charge on any atom is -0.392 e. The number of aliphatic hydroxyl groups is 1. The molecule has 2 N–H and O–H groups in total. The summed E-state index contributed by atoms with van der Waals surface area (Å²) in [5.41, 5.74) is 1.73. The molecule has 1 aromatic carbocycles. The Balaban J connectivity index is 1.61. The summed E-state index contributed by atoms with van der Waals surface area (Å²) in [6.07, 6.45) is 5.22. The molecular weight excluding hydrogens is 302 g/mol. The SMILES string of the molecule is O=C(Nc1cnn(Cc2ccc(Cl)cc2)c1)C1CCCC1O. The Hall–Kier alpha value is -1.85. The van der Waals surface area contributed by atoms with Crippen molar-refractivity contribution in [2.45, 2.75) is 31.9 Å². The largest absolute Gasteiger partial charge is 0.392 e. The number of nitrogens with zero attached hydrogens (tertiary/aromatic N) is 2. The molecule has 1 aromatic heterocycles. The molecule has 3 rings (SSSR count). The van der Waals surface area contributed by atoms with Crippen LogP contribution in [0.4, 0.5) is 5.69 Å². The van der Waals surface area contributed by atoms with Gasteiger partial charge in [-0.2, -0.15) is 5.10 Å². The molecule has 0 saturated heterocycles. The van der Waals surface area contributed by atoms with Crippen molar-refractivity contribution in [2.75, 3.05) is 5.32 Å². The van der Waals surface area contributed by atoms with Gasteiger partial charge < -0.3 is 10.4 Å². The fourth-order valence-electron chi connectivity index (χ4n) is 2.77. The van der Waals surface area contributed by atoms with Gasteiger partial charge in [0.2, 0.25) is 5.91 Å². The first-order chi connectivity index (χ1) is 10.6. The maximum atomic E-state index is 12.1. The van der Waals surface area contributed by atoms with Gasteiger partial charge in [-0.3, -0.25) is 9.48 Å². The summed E-state index contributed by atoms with van der Waals surface area (Å²) in [6.45, 7) is 0.610.